The Balaban J connectivity index is 1.81. The average Bonchev–Trinajstić information content (AvgIpc) is 2.90. The molecule has 0 radical (unpaired) electrons. The van der Waals surface area contributed by atoms with Gasteiger partial charge in [0.1, 0.15) is 5.60 Å². The molecule has 0 amide bonds. The molecule has 0 aliphatic heterocycles. The molecule has 0 bridgehead atoms. The minimum Gasteiger partial charge on any atom is -0.384 e. The Hall–Kier alpha value is -1.96. The van der Waals surface area contributed by atoms with Crippen molar-refractivity contribution in [3.63, 3.8) is 0 Å². The van der Waals surface area contributed by atoms with Crippen LogP contribution in [0.25, 0.3) is 4.96 Å². The number of nitrogens with zero attached hydrogens (tertiary/aromatic N) is 3. The van der Waals surface area contributed by atoms with Crippen molar-refractivity contribution >= 4 is 33.0 Å². The van der Waals surface area contributed by atoms with Crippen LogP contribution in [0.15, 0.2) is 41.3 Å². The second kappa shape index (κ2) is 5.68. The highest BCUT2D eigenvalue weighted by Gasteiger charge is 2.23. The van der Waals surface area contributed by atoms with E-state index in [0.717, 1.165) is 0 Å². The van der Waals surface area contributed by atoms with Crippen LogP contribution in [0.2, 0.25) is 5.02 Å². The van der Waals surface area contributed by atoms with Crippen molar-refractivity contribution in [1.29, 1.82) is 0 Å². The molecule has 0 saturated heterocycles. The molecular formula is C14H13ClN4O2S. The number of fused-ring (bicyclic) bond motifs is 1. The summed E-state index contributed by atoms with van der Waals surface area (Å²) in [7, 11) is 0. The number of anilines is 1. The maximum absolute atomic E-state index is 11.6. The van der Waals surface area contributed by atoms with E-state index in [1.165, 1.54) is 28.1 Å². The summed E-state index contributed by atoms with van der Waals surface area (Å²) >= 11 is 7.19. The molecule has 0 spiro atoms. The van der Waals surface area contributed by atoms with Gasteiger partial charge in [0.05, 0.1) is 0 Å². The lowest BCUT2D eigenvalue weighted by Gasteiger charge is -2.24. The quantitative estimate of drug-likeness (QED) is 0.763. The third-order valence-electron chi connectivity index (χ3n) is 3.20. The predicted octanol–water partition coefficient (Wildman–Crippen LogP) is 2.12. The summed E-state index contributed by atoms with van der Waals surface area (Å²) in [6.45, 7) is 1.91. The lowest BCUT2D eigenvalue weighted by Crippen LogP contribution is -2.30. The van der Waals surface area contributed by atoms with Crippen LogP contribution >= 0.6 is 22.9 Å². The van der Waals surface area contributed by atoms with Gasteiger partial charge in [-0.25, -0.2) is 4.98 Å². The molecule has 0 aliphatic carbocycles. The number of nitrogens with one attached hydrogen (secondary N) is 1. The first-order valence-electron chi connectivity index (χ1n) is 6.53. The van der Waals surface area contributed by atoms with E-state index >= 15 is 0 Å². The van der Waals surface area contributed by atoms with Gasteiger partial charge in [0.25, 0.3) is 5.56 Å². The van der Waals surface area contributed by atoms with Crippen LogP contribution in [0.5, 0.6) is 0 Å². The van der Waals surface area contributed by atoms with Crippen molar-refractivity contribution in [3.05, 3.63) is 57.5 Å². The van der Waals surface area contributed by atoms with Crippen LogP contribution in [0, 0.1) is 0 Å². The third-order valence-corrected chi connectivity index (χ3v) is 4.32. The molecule has 2 N–H and O–H groups in total. The smallest absolute Gasteiger partial charge is 0.275 e. The molecule has 114 valence electrons. The standard InChI is InChI=1S/C14H13ClN4O2S/c1-14(21,9-3-2-4-10(15)7-9)8-17-12-18-19-11(20)5-6-16-13(19)22-12/h2-7,21H,8H2,1H3,(H,17,18). The predicted molar refractivity (Wildman–Crippen MR) is 86.6 cm³/mol. The van der Waals surface area contributed by atoms with Crippen molar-refractivity contribution in [1.82, 2.24) is 14.6 Å². The van der Waals surface area contributed by atoms with E-state index in [1.54, 1.807) is 31.2 Å². The van der Waals surface area contributed by atoms with Crippen LogP contribution < -0.4 is 10.9 Å². The van der Waals surface area contributed by atoms with E-state index in [2.05, 4.69) is 15.4 Å². The van der Waals surface area contributed by atoms with Crippen molar-refractivity contribution in [2.45, 2.75) is 12.5 Å². The monoisotopic (exact) mass is 336 g/mol. The van der Waals surface area contributed by atoms with E-state index in [1.807, 2.05) is 0 Å². The van der Waals surface area contributed by atoms with Gasteiger partial charge in [-0.15, -0.1) is 5.10 Å². The van der Waals surface area contributed by atoms with Gasteiger partial charge in [-0.1, -0.05) is 35.1 Å². The Morgan fingerprint density at radius 1 is 1.45 bits per heavy atom. The van der Waals surface area contributed by atoms with Crippen molar-refractivity contribution in [2.24, 2.45) is 0 Å². The topological polar surface area (TPSA) is 79.5 Å². The molecule has 1 atom stereocenters. The first kappa shape index (κ1) is 15.0. The highest BCUT2D eigenvalue weighted by atomic mass is 35.5. The van der Waals surface area contributed by atoms with Crippen molar-refractivity contribution < 1.29 is 5.11 Å². The molecule has 6 nitrogen and oxygen atoms in total. The summed E-state index contributed by atoms with van der Waals surface area (Å²) in [5, 5.41) is 18.8. The number of hydrogen-bond acceptors (Lipinski definition) is 6. The fourth-order valence-electron chi connectivity index (χ4n) is 1.99. The van der Waals surface area contributed by atoms with Gasteiger partial charge >= 0.3 is 0 Å². The minimum absolute atomic E-state index is 0.224. The lowest BCUT2D eigenvalue weighted by molar-refractivity contribution is 0.0715. The molecule has 0 fully saturated rings. The zero-order valence-electron chi connectivity index (χ0n) is 11.7. The van der Waals surface area contributed by atoms with E-state index in [-0.39, 0.29) is 12.1 Å². The molecule has 1 aromatic carbocycles. The Labute approximate surface area is 135 Å². The number of benzene rings is 1. The molecule has 3 rings (SSSR count). The zero-order valence-corrected chi connectivity index (χ0v) is 13.2. The number of rotatable bonds is 4. The summed E-state index contributed by atoms with van der Waals surface area (Å²) in [6, 6.07) is 8.40. The van der Waals surface area contributed by atoms with Gasteiger partial charge in [-0.3, -0.25) is 4.79 Å². The second-order valence-corrected chi connectivity index (χ2v) is 6.41. The number of aliphatic hydroxyl groups is 1. The summed E-state index contributed by atoms with van der Waals surface area (Å²) in [6.07, 6.45) is 1.45. The normalized spacial score (nSPS) is 14.0. The Bertz CT molecular complexity index is 874. The largest absolute Gasteiger partial charge is 0.384 e. The van der Waals surface area contributed by atoms with E-state index in [0.29, 0.717) is 20.7 Å². The van der Waals surface area contributed by atoms with Crippen molar-refractivity contribution in [3.8, 4) is 0 Å². The van der Waals surface area contributed by atoms with Crippen molar-refractivity contribution in [2.75, 3.05) is 11.9 Å². The lowest BCUT2D eigenvalue weighted by atomic mass is 9.96. The molecule has 3 aromatic rings. The van der Waals surface area contributed by atoms with Crippen LogP contribution in [-0.4, -0.2) is 26.2 Å². The Morgan fingerprint density at radius 2 is 2.27 bits per heavy atom. The molecule has 0 saturated carbocycles. The van der Waals surface area contributed by atoms with Gasteiger partial charge in [-0.05, 0) is 24.6 Å². The van der Waals surface area contributed by atoms with Crippen LogP contribution in [0.1, 0.15) is 12.5 Å². The molecule has 8 heteroatoms. The summed E-state index contributed by atoms with van der Waals surface area (Å²) in [4.78, 5) is 16.2. The van der Waals surface area contributed by atoms with Crippen LogP contribution in [0.4, 0.5) is 5.13 Å². The third kappa shape index (κ3) is 2.96. The number of hydrogen-bond donors (Lipinski definition) is 2. The maximum Gasteiger partial charge on any atom is 0.275 e. The first-order chi connectivity index (χ1) is 10.5. The molecule has 2 heterocycles. The fourth-order valence-corrected chi connectivity index (χ4v) is 2.95. The van der Waals surface area contributed by atoms with Crippen LogP contribution in [-0.2, 0) is 5.60 Å². The molecule has 0 aliphatic rings. The van der Waals surface area contributed by atoms with E-state index in [9.17, 15) is 9.90 Å². The molecule has 1 unspecified atom stereocenters. The maximum atomic E-state index is 11.6. The van der Waals surface area contributed by atoms with Crippen LogP contribution in [0.3, 0.4) is 0 Å². The Morgan fingerprint density at radius 3 is 3.00 bits per heavy atom. The minimum atomic E-state index is -1.12. The highest BCUT2D eigenvalue weighted by Crippen LogP contribution is 2.25. The summed E-state index contributed by atoms with van der Waals surface area (Å²) in [5.74, 6) is 0. The molecule has 22 heavy (non-hydrogen) atoms. The molecular weight excluding hydrogens is 324 g/mol. The summed E-state index contributed by atoms with van der Waals surface area (Å²) < 4.78 is 1.22. The van der Waals surface area contributed by atoms with E-state index < -0.39 is 5.60 Å². The van der Waals surface area contributed by atoms with Gasteiger partial charge in [-0.2, -0.15) is 4.52 Å². The number of halogens is 1. The van der Waals surface area contributed by atoms with Gasteiger partial charge < -0.3 is 10.4 Å². The fraction of sp³-hybridized carbons (Fsp3) is 0.214. The van der Waals surface area contributed by atoms with E-state index in [4.69, 9.17) is 11.6 Å². The summed E-state index contributed by atoms with van der Waals surface area (Å²) in [5.41, 5.74) is -0.666. The SMILES string of the molecule is CC(O)(CNc1nn2c(=O)ccnc2s1)c1cccc(Cl)c1. The average molecular weight is 337 g/mol. The zero-order chi connectivity index (χ0) is 15.7. The second-order valence-electron chi connectivity index (χ2n) is 5.02. The van der Waals surface area contributed by atoms with Gasteiger partial charge in [0, 0.05) is 23.8 Å². The molecule has 2 aromatic heterocycles. The first-order valence-corrected chi connectivity index (χ1v) is 7.72. The van der Waals surface area contributed by atoms with Gasteiger partial charge in [0.2, 0.25) is 10.1 Å². The number of aromatic nitrogens is 3. The van der Waals surface area contributed by atoms with Gasteiger partial charge in [0.15, 0.2) is 0 Å². The highest BCUT2D eigenvalue weighted by molar-refractivity contribution is 7.20. The Kier molecular flexibility index (Phi) is 3.86.